The van der Waals surface area contributed by atoms with Crippen molar-refractivity contribution in [1.29, 1.82) is 0 Å². The average Bonchev–Trinajstić information content (AvgIpc) is 1.96. The molecule has 0 aliphatic carbocycles. The molecule has 0 aliphatic heterocycles. The Kier molecular flexibility index (Phi) is 2.53. The smallest absolute Gasteiger partial charge is 0.148 e. The van der Waals surface area contributed by atoms with Crippen molar-refractivity contribution in [3.8, 4) is 0 Å². The van der Waals surface area contributed by atoms with Gasteiger partial charge in [-0.25, -0.2) is 4.39 Å². The predicted molar refractivity (Wildman–Crippen MR) is 49.7 cm³/mol. The molecule has 0 saturated heterocycles. The summed E-state index contributed by atoms with van der Waals surface area (Å²) in [7, 11) is 0. The Morgan fingerprint density at radius 2 is 2.17 bits per heavy atom. The molecule has 0 bridgehead atoms. The second-order valence-corrected chi connectivity index (χ2v) is 2.74. The Hall–Kier alpha value is -1.25. The second-order valence-electron chi connectivity index (χ2n) is 2.74. The minimum absolute atomic E-state index is 0.283. The topological polar surface area (TPSA) is 38.0 Å². The quantitative estimate of drug-likeness (QED) is 0.664. The first kappa shape index (κ1) is 8.84. The molecular weight excluding hydrogens is 155 g/mol. The second kappa shape index (κ2) is 3.43. The van der Waals surface area contributed by atoms with E-state index >= 15 is 0 Å². The standard InChI is InChI=1S/C9H13FN2/c1-3-12-9-7(10)4-6(2)5-8(9)11/h4-5,12H,3,11H2,1-2H3. The fourth-order valence-electron chi connectivity index (χ4n) is 1.13. The zero-order valence-electron chi connectivity index (χ0n) is 7.32. The number of rotatable bonds is 2. The van der Waals surface area contributed by atoms with Gasteiger partial charge in [-0.05, 0) is 31.5 Å². The Labute approximate surface area is 71.6 Å². The van der Waals surface area contributed by atoms with Crippen LogP contribution in [0, 0.1) is 12.7 Å². The summed E-state index contributed by atoms with van der Waals surface area (Å²) in [4.78, 5) is 0. The first-order valence-electron chi connectivity index (χ1n) is 3.94. The molecule has 0 aromatic heterocycles. The summed E-state index contributed by atoms with van der Waals surface area (Å²) in [5, 5.41) is 2.87. The summed E-state index contributed by atoms with van der Waals surface area (Å²) in [6, 6.07) is 3.22. The van der Waals surface area contributed by atoms with Crippen LogP contribution in [0.25, 0.3) is 0 Å². The highest BCUT2D eigenvalue weighted by molar-refractivity contribution is 5.67. The maximum Gasteiger partial charge on any atom is 0.148 e. The first-order chi connectivity index (χ1) is 5.65. The number of benzene rings is 1. The van der Waals surface area contributed by atoms with E-state index in [0.29, 0.717) is 17.9 Å². The summed E-state index contributed by atoms with van der Waals surface area (Å²) >= 11 is 0. The lowest BCUT2D eigenvalue weighted by atomic mass is 10.2. The first-order valence-corrected chi connectivity index (χ1v) is 3.94. The predicted octanol–water partition coefficient (Wildman–Crippen LogP) is 2.15. The molecule has 0 aliphatic rings. The van der Waals surface area contributed by atoms with Crippen LogP contribution in [0.3, 0.4) is 0 Å². The third kappa shape index (κ3) is 1.67. The monoisotopic (exact) mass is 168 g/mol. The van der Waals surface area contributed by atoms with Gasteiger partial charge in [0, 0.05) is 6.54 Å². The van der Waals surface area contributed by atoms with Gasteiger partial charge in [0.05, 0.1) is 11.4 Å². The summed E-state index contributed by atoms with van der Waals surface area (Å²) in [6.07, 6.45) is 0. The van der Waals surface area contributed by atoms with E-state index in [1.807, 2.05) is 13.8 Å². The molecule has 1 aromatic rings. The van der Waals surface area contributed by atoms with Crippen LogP contribution in [-0.4, -0.2) is 6.54 Å². The van der Waals surface area contributed by atoms with Crippen LogP contribution < -0.4 is 11.1 Å². The van der Waals surface area contributed by atoms with Crippen molar-refractivity contribution in [3.63, 3.8) is 0 Å². The lowest BCUT2D eigenvalue weighted by Crippen LogP contribution is -2.03. The third-order valence-corrected chi connectivity index (χ3v) is 1.62. The molecule has 0 heterocycles. The van der Waals surface area contributed by atoms with E-state index in [9.17, 15) is 4.39 Å². The van der Waals surface area contributed by atoms with Gasteiger partial charge in [-0.15, -0.1) is 0 Å². The molecule has 1 rings (SSSR count). The molecule has 3 heteroatoms. The number of hydrogen-bond acceptors (Lipinski definition) is 2. The maximum atomic E-state index is 13.2. The molecule has 0 fully saturated rings. The van der Waals surface area contributed by atoms with Gasteiger partial charge >= 0.3 is 0 Å². The SMILES string of the molecule is CCNc1c(N)cc(C)cc1F. The maximum absolute atomic E-state index is 13.2. The third-order valence-electron chi connectivity index (χ3n) is 1.62. The zero-order valence-corrected chi connectivity index (χ0v) is 7.32. The lowest BCUT2D eigenvalue weighted by molar-refractivity contribution is 0.630. The highest BCUT2D eigenvalue weighted by Crippen LogP contribution is 2.23. The fourth-order valence-corrected chi connectivity index (χ4v) is 1.13. The van der Waals surface area contributed by atoms with Crippen LogP contribution in [-0.2, 0) is 0 Å². The van der Waals surface area contributed by atoms with Crippen molar-refractivity contribution in [3.05, 3.63) is 23.5 Å². The van der Waals surface area contributed by atoms with E-state index in [0.717, 1.165) is 5.56 Å². The van der Waals surface area contributed by atoms with Gasteiger partial charge in [0.25, 0.3) is 0 Å². The number of halogens is 1. The van der Waals surface area contributed by atoms with Crippen LogP contribution in [0.4, 0.5) is 15.8 Å². The van der Waals surface area contributed by atoms with Crippen molar-refractivity contribution in [2.75, 3.05) is 17.6 Å². The van der Waals surface area contributed by atoms with Gasteiger partial charge in [0.1, 0.15) is 5.82 Å². The Morgan fingerprint density at radius 3 is 2.67 bits per heavy atom. The Bertz CT molecular complexity index is 261. The summed E-state index contributed by atoms with van der Waals surface area (Å²) < 4.78 is 13.2. The highest BCUT2D eigenvalue weighted by Gasteiger charge is 2.05. The largest absolute Gasteiger partial charge is 0.397 e. The Morgan fingerprint density at radius 1 is 1.50 bits per heavy atom. The van der Waals surface area contributed by atoms with E-state index in [4.69, 9.17) is 5.73 Å². The number of nitrogen functional groups attached to an aromatic ring is 1. The number of nitrogens with two attached hydrogens (primary N) is 1. The van der Waals surface area contributed by atoms with Gasteiger partial charge < -0.3 is 11.1 Å². The molecule has 0 spiro atoms. The molecule has 1 aromatic carbocycles. The van der Waals surface area contributed by atoms with Gasteiger partial charge in [-0.3, -0.25) is 0 Å². The van der Waals surface area contributed by atoms with Gasteiger partial charge in [-0.2, -0.15) is 0 Å². The van der Waals surface area contributed by atoms with Crippen molar-refractivity contribution < 1.29 is 4.39 Å². The minimum Gasteiger partial charge on any atom is -0.397 e. The van der Waals surface area contributed by atoms with Crippen molar-refractivity contribution in [1.82, 2.24) is 0 Å². The van der Waals surface area contributed by atoms with E-state index in [2.05, 4.69) is 5.32 Å². The van der Waals surface area contributed by atoms with Crippen LogP contribution in [0.1, 0.15) is 12.5 Å². The molecule has 0 saturated carbocycles. The number of aryl methyl sites for hydroxylation is 1. The number of anilines is 2. The highest BCUT2D eigenvalue weighted by atomic mass is 19.1. The Balaban J connectivity index is 3.10. The zero-order chi connectivity index (χ0) is 9.14. The van der Waals surface area contributed by atoms with Crippen molar-refractivity contribution in [2.45, 2.75) is 13.8 Å². The molecule has 66 valence electrons. The van der Waals surface area contributed by atoms with E-state index in [-0.39, 0.29) is 5.82 Å². The van der Waals surface area contributed by atoms with E-state index < -0.39 is 0 Å². The molecule has 0 atom stereocenters. The number of nitrogens with one attached hydrogen (secondary N) is 1. The molecule has 2 nitrogen and oxygen atoms in total. The van der Waals surface area contributed by atoms with Crippen LogP contribution >= 0.6 is 0 Å². The van der Waals surface area contributed by atoms with Gasteiger partial charge in [0.15, 0.2) is 0 Å². The summed E-state index contributed by atoms with van der Waals surface area (Å²) in [5.41, 5.74) is 7.32. The summed E-state index contributed by atoms with van der Waals surface area (Å²) in [6.45, 7) is 4.39. The molecule has 0 amide bonds. The molecule has 0 unspecified atom stereocenters. The molecular formula is C9H13FN2. The van der Waals surface area contributed by atoms with Crippen molar-refractivity contribution >= 4 is 11.4 Å². The van der Waals surface area contributed by atoms with E-state index in [1.165, 1.54) is 6.07 Å². The summed E-state index contributed by atoms with van der Waals surface area (Å²) in [5.74, 6) is -0.283. The molecule has 12 heavy (non-hydrogen) atoms. The minimum atomic E-state index is -0.283. The van der Waals surface area contributed by atoms with Crippen LogP contribution in [0.2, 0.25) is 0 Å². The number of hydrogen-bond donors (Lipinski definition) is 2. The normalized spacial score (nSPS) is 9.92. The van der Waals surface area contributed by atoms with Crippen molar-refractivity contribution in [2.24, 2.45) is 0 Å². The van der Waals surface area contributed by atoms with Gasteiger partial charge in [0.2, 0.25) is 0 Å². The average molecular weight is 168 g/mol. The molecule has 0 radical (unpaired) electrons. The lowest BCUT2D eigenvalue weighted by Gasteiger charge is -2.08. The fraction of sp³-hybridized carbons (Fsp3) is 0.333. The van der Waals surface area contributed by atoms with E-state index in [1.54, 1.807) is 6.07 Å². The van der Waals surface area contributed by atoms with Crippen LogP contribution in [0.5, 0.6) is 0 Å². The van der Waals surface area contributed by atoms with Crippen LogP contribution in [0.15, 0.2) is 12.1 Å². The molecule has 3 N–H and O–H groups in total. The van der Waals surface area contributed by atoms with Gasteiger partial charge in [-0.1, -0.05) is 0 Å².